The predicted octanol–water partition coefficient (Wildman–Crippen LogP) is 2.32. The second-order valence-corrected chi connectivity index (χ2v) is 6.08. The summed E-state index contributed by atoms with van der Waals surface area (Å²) in [5.74, 6) is 1.07. The van der Waals surface area contributed by atoms with E-state index in [1.807, 2.05) is 38.3 Å². The fourth-order valence-corrected chi connectivity index (χ4v) is 2.22. The third kappa shape index (κ3) is 3.86. The molecule has 0 saturated carbocycles. The summed E-state index contributed by atoms with van der Waals surface area (Å²) < 4.78 is 10.8. The highest BCUT2D eigenvalue weighted by Crippen LogP contribution is 2.18. The summed E-state index contributed by atoms with van der Waals surface area (Å²) in [5.41, 5.74) is 5.43. The Morgan fingerprint density at radius 1 is 1.53 bits per heavy atom. The fourth-order valence-electron chi connectivity index (χ4n) is 1.53. The van der Waals surface area contributed by atoms with Gasteiger partial charge in [0.15, 0.2) is 5.82 Å². The van der Waals surface area contributed by atoms with Gasteiger partial charge in [0, 0.05) is 4.88 Å². The lowest BCUT2D eigenvalue weighted by molar-refractivity contribution is 0.0410. The van der Waals surface area contributed by atoms with Gasteiger partial charge in [0.1, 0.15) is 5.54 Å². The van der Waals surface area contributed by atoms with Crippen molar-refractivity contribution >= 4 is 11.3 Å². The van der Waals surface area contributed by atoms with Crippen LogP contribution in [0.1, 0.15) is 37.4 Å². The van der Waals surface area contributed by atoms with Crippen molar-refractivity contribution in [2.24, 2.45) is 5.73 Å². The Morgan fingerprint density at radius 2 is 2.32 bits per heavy atom. The molecule has 104 valence electrons. The largest absolute Gasteiger partial charge is 0.376 e. The molecular formula is C13H19N3O2S. The van der Waals surface area contributed by atoms with Crippen LogP contribution < -0.4 is 5.73 Å². The molecule has 2 aromatic heterocycles. The zero-order valence-corrected chi connectivity index (χ0v) is 12.2. The van der Waals surface area contributed by atoms with Crippen molar-refractivity contribution in [3.63, 3.8) is 0 Å². The Hall–Kier alpha value is -1.24. The van der Waals surface area contributed by atoms with E-state index < -0.39 is 5.54 Å². The standard InChI is InChI=1S/C13H19N3O2S/c1-9(2)17-8-13(3,14)12-15-11(18-16-12)7-10-5-4-6-19-10/h4-6,9H,7-8,14H2,1-3H3. The molecule has 0 bridgehead atoms. The molecule has 0 spiro atoms. The average Bonchev–Trinajstić information content (AvgIpc) is 2.98. The molecule has 5 nitrogen and oxygen atoms in total. The van der Waals surface area contributed by atoms with E-state index in [1.54, 1.807) is 11.3 Å². The lowest BCUT2D eigenvalue weighted by atomic mass is 10.1. The Morgan fingerprint density at radius 3 is 2.95 bits per heavy atom. The van der Waals surface area contributed by atoms with Gasteiger partial charge in [0.2, 0.25) is 5.89 Å². The van der Waals surface area contributed by atoms with Crippen molar-refractivity contribution in [3.8, 4) is 0 Å². The summed E-state index contributed by atoms with van der Waals surface area (Å²) in [6.45, 7) is 6.14. The van der Waals surface area contributed by atoms with Crippen LogP contribution in [-0.2, 0) is 16.7 Å². The van der Waals surface area contributed by atoms with Crippen LogP contribution in [0.3, 0.4) is 0 Å². The molecule has 0 fully saturated rings. The van der Waals surface area contributed by atoms with E-state index in [1.165, 1.54) is 4.88 Å². The van der Waals surface area contributed by atoms with E-state index in [9.17, 15) is 0 Å². The second kappa shape index (κ2) is 5.81. The zero-order valence-electron chi connectivity index (χ0n) is 11.4. The quantitative estimate of drug-likeness (QED) is 0.879. The predicted molar refractivity (Wildman–Crippen MR) is 74.1 cm³/mol. The minimum atomic E-state index is -0.735. The Balaban J connectivity index is 2.03. The molecule has 2 aromatic rings. The smallest absolute Gasteiger partial charge is 0.231 e. The topological polar surface area (TPSA) is 74.2 Å². The minimum absolute atomic E-state index is 0.125. The molecule has 6 heteroatoms. The summed E-state index contributed by atoms with van der Waals surface area (Å²) >= 11 is 1.66. The number of thiophene rings is 1. The van der Waals surface area contributed by atoms with Gasteiger partial charge in [-0.05, 0) is 32.2 Å². The van der Waals surface area contributed by atoms with Crippen molar-refractivity contribution in [3.05, 3.63) is 34.1 Å². The van der Waals surface area contributed by atoms with Gasteiger partial charge in [-0.15, -0.1) is 11.3 Å². The van der Waals surface area contributed by atoms with Gasteiger partial charge >= 0.3 is 0 Å². The maximum Gasteiger partial charge on any atom is 0.231 e. The van der Waals surface area contributed by atoms with Crippen molar-refractivity contribution in [2.45, 2.75) is 38.8 Å². The van der Waals surface area contributed by atoms with E-state index >= 15 is 0 Å². The van der Waals surface area contributed by atoms with Crippen LogP contribution >= 0.6 is 11.3 Å². The van der Waals surface area contributed by atoms with Crippen LogP contribution in [0, 0.1) is 0 Å². The molecule has 0 aliphatic heterocycles. The van der Waals surface area contributed by atoms with Crippen LogP contribution in [-0.4, -0.2) is 22.9 Å². The summed E-state index contributed by atoms with van der Waals surface area (Å²) in [6.07, 6.45) is 0.770. The van der Waals surface area contributed by atoms with Crippen LogP contribution in [0.15, 0.2) is 22.0 Å². The van der Waals surface area contributed by atoms with E-state index in [-0.39, 0.29) is 6.10 Å². The lowest BCUT2D eigenvalue weighted by Gasteiger charge is -2.21. The monoisotopic (exact) mass is 281 g/mol. The fraction of sp³-hybridized carbons (Fsp3) is 0.538. The Kier molecular flexibility index (Phi) is 4.34. The Bertz CT molecular complexity index is 506. The minimum Gasteiger partial charge on any atom is -0.376 e. The number of aromatic nitrogens is 2. The van der Waals surface area contributed by atoms with Crippen LogP contribution in [0.4, 0.5) is 0 Å². The first-order chi connectivity index (χ1) is 8.97. The van der Waals surface area contributed by atoms with E-state index in [0.29, 0.717) is 24.7 Å². The zero-order chi connectivity index (χ0) is 13.9. The first-order valence-electron chi connectivity index (χ1n) is 6.23. The molecule has 0 amide bonds. The highest BCUT2D eigenvalue weighted by molar-refractivity contribution is 7.09. The molecule has 0 saturated heterocycles. The molecule has 0 aliphatic rings. The van der Waals surface area contributed by atoms with Gasteiger partial charge in [-0.1, -0.05) is 11.2 Å². The second-order valence-electron chi connectivity index (χ2n) is 5.05. The first-order valence-corrected chi connectivity index (χ1v) is 7.11. The molecule has 2 rings (SSSR count). The SMILES string of the molecule is CC(C)OCC(C)(N)c1noc(Cc2cccs2)n1. The molecule has 19 heavy (non-hydrogen) atoms. The van der Waals surface area contributed by atoms with Gasteiger partial charge < -0.3 is 15.0 Å². The van der Waals surface area contributed by atoms with Crippen LogP contribution in [0.5, 0.6) is 0 Å². The van der Waals surface area contributed by atoms with Gasteiger partial charge in [0.05, 0.1) is 19.1 Å². The summed E-state index contributed by atoms with van der Waals surface area (Å²) in [5, 5.41) is 5.98. The number of hydrogen-bond acceptors (Lipinski definition) is 6. The summed E-state index contributed by atoms with van der Waals surface area (Å²) in [7, 11) is 0. The first kappa shape index (κ1) is 14.2. The van der Waals surface area contributed by atoms with Gasteiger partial charge in [-0.2, -0.15) is 4.98 Å². The van der Waals surface area contributed by atoms with Gasteiger partial charge in [0.25, 0.3) is 0 Å². The molecule has 1 unspecified atom stereocenters. The molecular weight excluding hydrogens is 262 g/mol. The Labute approximate surface area is 116 Å². The molecule has 0 aliphatic carbocycles. The van der Waals surface area contributed by atoms with Crippen molar-refractivity contribution in [1.29, 1.82) is 0 Å². The number of rotatable bonds is 6. The van der Waals surface area contributed by atoms with E-state index in [0.717, 1.165) is 0 Å². The molecule has 1 atom stereocenters. The van der Waals surface area contributed by atoms with E-state index in [4.69, 9.17) is 15.0 Å². The van der Waals surface area contributed by atoms with Crippen LogP contribution in [0.25, 0.3) is 0 Å². The van der Waals surface area contributed by atoms with Gasteiger partial charge in [-0.3, -0.25) is 0 Å². The molecule has 2 N–H and O–H groups in total. The average molecular weight is 281 g/mol. The number of ether oxygens (including phenoxy) is 1. The van der Waals surface area contributed by atoms with Crippen LogP contribution in [0.2, 0.25) is 0 Å². The van der Waals surface area contributed by atoms with Crippen molar-refractivity contribution < 1.29 is 9.26 Å². The molecule has 0 radical (unpaired) electrons. The summed E-state index contributed by atoms with van der Waals surface area (Å²) in [6, 6.07) is 4.04. The van der Waals surface area contributed by atoms with E-state index in [2.05, 4.69) is 10.1 Å². The maximum absolute atomic E-state index is 6.17. The van der Waals surface area contributed by atoms with Crippen molar-refractivity contribution in [2.75, 3.05) is 6.61 Å². The molecule has 0 aromatic carbocycles. The third-order valence-corrected chi connectivity index (χ3v) is 3.48. The third-order valence-electron chi connectivity index (χ3n) is 2.60. The molecule has 2 heterocycles. The number of nitrogens with zero attached hydrogens (tertiary/aromatic N) is 2. The van der Waals surface area contributed by atoms with Gasteiger partial charge in [-0.25, -0.2) is 0 Å². The highest BCUT2D eigenvalue weighted by Gasteiger charge is 2.28. The van der Waals surface area contributed by atoms with Crippen molar-refractivity contribution in [1.82, 2.24) is 10.1 Å². The number of hydrogen-bond donors (Lipinski definition) is 1. The lowest BCUT2D eigenvalue weighted by Crippen LogP contribution is -2.40. The maximum atomic E-state index is 6.17. The highest BCUT2D eigenvalue weighted by atomic mass is 32.1. The summed E-state index contributed by atoms with van der Waals surface area (Å²) in [4.78, 5) is 5.55. The normalized spacial score (nSPS) is 14.8. The number of nitrogens with two attached hydrogens (primary N) is 1.